The van der Waals surface area contributed by atoms with Crippen LogP contribution in [-0.2, 0) is 14.3 Å². The summed E-state index contributed by atoms with van der Waals surface area (Å²) in [6.45, 7) is 3.09. The molecule has 0 saturated carbocycles. The fourth-order valence-corrected chi connectivity index (χ4v) is 3.71. The molecule has 4 heteroatoms. The highest BCUT2D eigenvalue weighted by atomic mass is 16.5. The van der Waals surface area contributed by atoms with Crippen molar-refractivity contribution in [2.75, 3.05) is 13.2 Å². The Labute approximate surface area is 186 Å². The number of unbranched alkanes of at least 4 members (excludes halogenated alkanes) is 15. The number of esters is 1. The molecule has 4 nitrogen and oxygen atoms in total. The fraction of sp³-hybridized carbons (Fsp3) is 0.923. The number of carbonyl (C=O) groups is 2. The summed E-state index contributed by atoms with van der Waals surface area (Å²) >= 11 is 0. The highest BCUT2D eigenvalue weighted by molar-refractivity contribution is 5.78. The first-order chi connectivity index (χ1) is 14.7. The second kappa shape index (κ2) is 24.4. The van der Waals surface area contributed by atoms with Crippen molar-refractivity contribution in [2.45, 2.75) is 142 Å². The lowest BCUT2D eigenvalue weighted by molar-refractivity contribution is -0.143. The molecule has 0 aliphatic heterocycles. The Morgan fingerprint density at radius 3 is 1.53 bits per heavy atom. The summed E-state index contributed by atoms with van der Waals surface area (Å²) in [5, 5.41) is 8.73. The molecule has 0 saturated heterocycles. The van der Waals surface area contributed by atoms with Crippen molar-refractivity contribution in [1.29, 1.82) is 0 Å². The molecule has 0 radical (unpaired) electrons. The Kier molecular flexibility index (Phi) is 23.6. The van der Waals surface area contributed by atoms with Gasteiger partial charge in [0.25, 0.3) is 0 Å². The molecule has 0 aromatic carbocycles. The predicted octanol–water partition coefficient (Wildman–Crippen LogP) is 7.30. The van der Waals surface area contributed by atoms with E-state index in [-0.39, 0.29) is 5.97 Å². The Bertz CT molecular complexity index is 381. The second-order valence-corrected chi connectivity index (χ2v) is 8.74. The zero-order valence-corrected chi connectivity index (χ0v) is 19.9. The lowest BCUT2D eigenvalue weighted by Gasteiger charge is -2.05. The first-order valence-electron chi connectivity index (χ1n) is 13.0. The number of aliphatic hydroxyl groups is 1. The van der Waals surface area contributed by atoms with E-state index in [1.54, 1.807) is 0 Å². The molecule has 0 atom stereocenters. The van der Waals surface area contributed by atoms with Crippen molar-refractivity contribution in [3.05, 3.63) is 0 Å². The number of Topliss-reactive ketones (excluding diaryl/α,β-unsaturated/α-hetero) is 1. The topological polar surface area (TPSA) is 63.6 Å². The maximum atomic E-state index is 11.9. The predicted molar refractivity (Wildman–Crippen MR) is 126 cm³/mol. The number of ketones is 1. The third-order valence-electron chi connectivity index (χ3n) is 5.71. The minimum atomic E-state index is -0.0332. The van der Waals surface area contributed by atoms with E-state index in [1.165, 1.54) is 57.8 Å². The van der Waals surface area contributed by atoms with Crippen LogP contribution in [0, 0.1) is 0 Å². The van der Waals surface area contributed by atoms with E-state index >= 15 is 0 Å². The second-order valence-electron chi connectivity index (χ2n) is 8.74. The monoisotopic (exact) mass is 426 g/mol. The van der Waals surface area contributed by atoms with Crippen molar-refractivity contribution in [3.8, 4) is 0 Å². The van der Waals surface area contributed by atoms with Crippen LogP contribution >= 0.6 is 0 Å². The number of ether oxygens (including phenoxy) is 1. The highest BCUT2D eigenvalue weighted by Crippen LogP contribution is 2.13. The molecule has 1 N–H and O–H groups in total. The first-order valence-corrected chi connectivity index (χ1v) is 13.0. The van der Waals surface area contributed by atoms with Gasteiger partial charge in [-0.2, -0.15) is 0 Å². The van der Waals surface area contributed by atoms with Crippen molar-refractivity contribution < 1.29 is 19.4 Å². The van der Waals surface area contributed by atoms with E-state index in [2.05, 4.69) is 6.92 Å². The van der Waals surface area contributed by atoms with Crippen molar-refractivity contribution >= 4 is 11.8 Å². The van der Waals surface area contributed by atoms with E-state index in [4.69, 9.17) is 9.84 Å². The zero-order valence-electron chi connectivity index (χ0n) is 19.9. The van der Waals surface area contributed by atoms with Gasteiger partial charge in [-0.15, -0.1) is 0 Å². The molecule has 0 heterocycles. The van der Waals surface area contributed by atoms with Gasteiger partial charge in [0.2, 0.25) is 0 Å². The van der Waals surface area contributed by atoms with Gasteiger partial charge in [0.05, 0.1) is 6.61 Å². The van der Waals surface area contributed by atoms with E-state index in [9.17, 15) is 9.59 Å². The smallest absolute Gasteiger partial charge is 0.305 e. The molecule has 0 amide bonds. The van der Waals surface area contributed by atoms with Gasteiger partial charge < -0.3 is 9.84 Å². The molecular weight excluding hydrogens is 376 g/mol. The van der Waals surface area contributed by atoms with Crippen LogP contribution in [-0.4, -0.2) is 30.1 Å². The molecule has 0 spiro atoms. The molecule has 0 fully saturated rings. The molecule has 0 aliphatic rings. The van der Waals surface area contributed by atoms with Gasteiger partial charge >= 0.3 is 5.97 Å². The first kappa shape index (κ1) is 29.1. The summed E-state index contributed by atoms with van der Waals surface area (Å²) < 4.78 is 5.28. The lowest BCUT2D eigenvalue weighted by atomic mass is 10.0. The van der Waals surface area contributed by atoms with Crippen LogP contribution in [0.4, 0.5) is 0 Å². The van der Waals surface area contributed by atoms with E-state index in [0.29, 0.717) is 25.4 Å². The fourth-order valence-electron chi connectivity index (χ4n) is 3.71. The third-order valence-corrected chi connectivity index (χ3v) is 5.71. The van der Waals surface area contributed by atoms with Crippen molar-refractivity contribution in [1.82, 2.24) is 0 Å². The Hall–Kier alpha value is -0.900. The summed E-state index contributed by atoms with van der Waals surface area (Å²) in [5.74, 6) is 0.392. The summed E-state index contributed by atoms with van der Waals surface area (Å²) in [4.78, 5) is 23.5. The highest BCUT2D eigenvalue weighted by Gasteiger charge is 2.04. The van der Waals surface area contributed by atoms with Crippen LogP contribution in [0.3, 0.4) is 0 Å². The average Bonchev–Trinajstić information content (AvgIpc) is 2.74. The van der Waals surface area contributed by atoms with Crippen LogP contribution in [0.15, 0.2) is 0 Å². The molecule has 178 valence electrons. The van der Waals surface area contributed by atoms with Crippen molar-refractivity contribution in [3.63, 3.8) is 0 Å². The van der Waals surface area contributed by atoms with Crippen molar-refractivity contribution in [2.24, 2.45) is 0 Å². The number of hydrogen-bond acceptors (Lipinski definition) is 4. The normalized spacial score (nSPS) is 11.0. The van der Waals surface area contributed by atoms with Crippen LogP contribution in [0.1, 0.15) is 142 Å². The van der Waals surface area contributed by atoms with Gasteiger partial charge in [-0.1, -0.05) is 90.4 Å². The maximum absolute atomic E-state index is 11.9. The summed E-state index contributed by atoms with van der Waals surface area (Å²) in [6, 6.07) is 0. The quantitative estimate of drug-likeness (QED) is 0.130. The number of rotatable bonds is 24. The minimum Gasteiger partial charge on any atom is -0.466 e. The van der Waals surface area contributed by atoms with E-state index in [0.717, 1.165) is 70.6 Å². The van der Waals surface area contributed by atoms with Crippen LogP contribution in [0.2, 0.25) is 0 Å². The molecule has 0 aromatic heterocycles. The average molecular weight is 427 g/mol. The van der Waals surface area contributed by atoms with Crippen LogP contribution in [0.25, 0.3) is 0 Å². The maximum Gasteiger partial charge on any atom is 0.305 e. The number of aliphatic hydroxyl groups excluding tert-OH is 1. The Balaban J connectivity index is 3.24. The van der Waals surface area contributed by atoms with E-state index < -0.39 is 0 Å². The molecule has 0 bridgehead atoms. The molecule has 0 unspecified atom stereocenters. The standard InChI is InChI=1S/C26H50O4/c1-2-3-4-14-19-24-30-26(29)22-17-12-7-5-6-10-15-20-25(28)21-16-11-8-9-13-18-23-27/h27H,2-24H2,1H3. The van der Waals surface area contributed by atoms with Gasteiger partial charge in [-0.3, -0.25) is 9.59 Å². The van der Waals surface area contributed by atoms with Gasteiger partial charge in [-0.25, -0.2) is 0 Å². The summed E-state index contributed by atoms with van der Waals surface area (Å²) in [6.07, 6.45) is 22.3. The largest absolute Gasteiger partial charge is 0.466 e. The molecule has 0 aliphatic carbocycles. The van der Waals surface area contributed by atoms with Crippen LogP contribution in [0.5, 0.6) is 0 Å². The van der Waals surface area contributed by atoms with Gasteiger partial charge in [0.1, 0.15) is 5.78 Å². The van der Waals surface area contributed by atoms with E-state index in [1.807, 2.05) is 0 Å². The van der Waals surface area contributed by atoms with Gasteiger partial charge in [0.15, 0.2) is 0 Å². The Morgan fingerprint density at radius 2 is 1.00 bits per heavy atom. The molecule has 30 heavy (non-hydrogen) atoms. The number of carbonyl (C=O) groups excluding carboxylic acids is 2. The zero-order chi connectivity index (χ0) is 22.1. The SMILES string of the molecule is CCCCCCCOC(=O)CCCCCCCCCC(=O)CCCCCCCCO. The summed E-state index contributed by atoms with van der Waals surface area (Å²) in [7, 11) is 0. The third kappa shape index (κ3) is 23.4. The molecular formula is C26H50O4. The summed E-state index contributed by atoms with van der Waals surface area (Å²) in [5.41, 5.74) is 0. The number of hydrogen-bond donors (Lipinski definition) is 1. The van der Waals surface area contributed by atoms with Gasteiger partial charge in [0, 0.05) is 25.9 Å². The Morgan fingerprint density at radius 1 is 0.567 bits per heavy atom. The molecule has 0 aromatic rings. The lowest BCUT2D eigenvalue weighted by Crippen LogP contribution is -2.05. The minimum absolute atomic E-state index is 0.0332. The van der Waals surface area contributed by atoms with Gasteiger partial charge in [-0.05, 0) is 32.1 Å². The van der Waals surface area contributed by atoms with Crippen LogP contribution < -0.4 is 0 Å². The molecule has 0 rings (SSSR count).